The predicted molar refractivity (Wildman–Crippen MR) is 101 cm³/mol. The van der Waals surface area contributed by atoms with E-state index < -0.39 is 17.6 Å². The van der Waals surface area contributed by atoms with E-state index in [2.05, 4.69) is 10.5 Å². The van der Waals surface area contributed by atoms with Gasteiger partial charge in [-0.2, -0.15) is 13.2 Å². The first kappa shape index (κ1) is 20.7. The molecule has 0 bridgehead atoms. The summed E-state index contributed by atoms with van der Waals surface area (Å²) in [7, 11) is 0. The van der Waals surface area contributed by atoms with Crippen LogP contribution in [0.2, 0.25) is 5.02 Å². The molecule has 1 aromatic heterocycles. The molecule has 0 radical (unpaired) electrons. The number of carbonyl (C=O) groups is 1. The van der Waals surface area contributed by atoms with Gasteiger partial charge in [-0.1, -0.05) is 41.0 Å². The number of benzene rings is 2. The summed E-state index contributed by atoms with van der Waals surface area (Å²) in [6.45, 7) is 0.341. The minimum absolute atomic E-state index is 0.0188. The lowest BCUT2D eigenvalue weighted by Gasteiger charge is -2.06. The molecule has 5 nitrogen and oxygen atoms in total. The Hall–Kier alpha value is -3.00. The number of hydrogen-bond acceptors (Lipinski definition) is 4. The van der Waals surface area contributed by atoms with Crippen molar-refractivity contribution in [2.24, 2.45) is 0 Å². The molecule has 3 aromatic rings. The molecule has 0 spiro atoms. The highest BCUT2D eigenvalue weighted by Crippen LogP contribution is 2.34. The number of carbonyl (C=O) groups excluding carboxylic acids is 1. The van der Waals surface area contributed by atoms with E-state index >= 15 is 0 Å². The predicted octanol–water partition coefficient (Wildman–Crippen LogP) is 5.08. The molecule has 1 amide bonds. The number of alkyl halides is 3. The van der Waals surface area contributed by atoms with Gasteiger partial charge >= 0.3 is 6.18 Å². The second-order valence-electron chi connectivity index (χ2n) is 6.28. The highest BCUT2D eigenvalue weighted by atomic mass is 35.5. The molecule has 0 aliphatic heterocycles. The van der Waals surface area contributed by atoms with Crippen molar-refractivity contribution in [1.29, 1.82) is 0 Å². The third-order valence-corrected chi connectivity index (χ3v) is 4.51. The van der Waals surface area contributed by atoms with E-state index in [-0.39, 0.29) is 27.8 Å². The third-order valence-electron chi connectivity index (χ3n) is 4.16. The Morgan fingerprint density at radius 2 is 1.90 bits per heavy atom. The molecule has 0 fully saturated rings. The second kappa shape index (κ2) is 8.57. The zero-order chi connectivity index (χ0) is 21.0. The topological polar surface area (TPSA) is 75.4 Å². The van der Waals surface area contributed by atoms with E-state index in [4.69, 9.17) is 16.1 Å². The number of amides is 1. The van der Waals surface area contributed by atoms with Crippen molar-refractivity contribution in [2.45, 2.75) is 19.0 Å². The molecule has 9 heteroatoms. The van der Waals surface area contributed by atoms with Crippen molar-refractivity contribution in [1.82, 2.24) is 10.5 Å². The molecule has 0 atom stereocenters. The van der Waals surface area contributed by atoms with Gasteiger partial charge in [-0.3, -0.25) is 4.79 Å². The number of halogens is 4. The Kier molecular flexibility index (Phi) is 6.12. The van der Waals surface area contributed by atoms with Crippen LogP contribution in [0.5, 0.6) is 5.75 Å². The van der Waals surface area contributed by atoms with Crippen molar-refractivity contribution in [2.75, 3.05) is 6.54 Å². The summed E-state index contributed by atoms with van der Waals surface area (Å²) in [6, 6.07) is 11.0. The summed E-state index contributed by atoms with van der Waals surface area (Å²) in [5.41, 5.74) is 0.266. The fraction of sp³-hybridized carbons (Fsp3) is 0.200. The lowest BCUT2D eigenvalue weighted by Crippen LogP contribution is -2.25. The number of aryl methyl sites for hydroxylation is 1. The van der Waals surface area contributed by atoms with Crippen LogP contribution in [0.15, 0.2) is 53.1 Å². The summed E-state index contributed by atoms with van der Waals surface area (Å²) in [5.74, 6) is -0.352. The SMILES string of the molecule is O=C(NCCCc1cccc(O)c1)c1noc(-c2ccc(C(F)(F)F)cc2)c1Cl. The van der Waals surface area contributed by atoms with Crippen molar-refractivity contribution < 1.29 is 27.6 Å². The Morgan fingerprint density at radius 1 is 1.17 bits per heavy atom. The fourth-order valence-corrected chi connectivity index (χ4v) is 2.96. The minimum Gasteiger partial charge on any atom is -0.508 e. The van der Waals surface area contributed by atoms with Gasteiger partial charge < -0.3 is 14.9 Å². The molecule has 2 N–H and O–H groups in total. The van der Waals surface area contributed by atoms with Gasteiger partial charge in [0.2, 0.25) is 0 Å². The number of nitrogens with one attached hydrogen (secondary N) is 1. The van der Waals surface area contributed by atoms with E-state index in [1.165, 1.54) is 12.1 Å². The van der Waals surface area contributed by atoms with Gasteiger partial charge in [0.25, 0.3) is 5.91 Å². The van der Waals surface area contributed by atoms with Crippen LogP contribution in [-0.4, -0.2) is 22.7 Å². The quantitative estimate of drug-likeness (QED) is 0.541. The highest BCUT2D eigenvalue weighted by Gasteiger charge is 2.30. The highest BCUT2D eigenvalue weighted by molar-refractivity contribution is 6.35. The lowest BCUT2D eigenvalue weighted by atomic mass is 10.1. The molecule has 0 aliphatic rings. The smallest absolute Gasteiger partial charge is 0.416 e. The van der Waals surface area contributed by atoms with Gasteiger partial charge in [0.1, 0.15) is 10.8 Å². The van der Waals surface area contributed by atoms with Gasteiger partial charge in [0.15, 0.2) is 11.5 Å². The van der Waals surface area contributed by atoms with Gasteiger partial charge in [-0.05, 0) is 42.7 Å². The number of phenols is 1. The number of nitrogens with zero attached hydrogens (tertiary/aromatic N) is 1. The first-order valence-corrected chi connectivity index (χ1v) is 9.02. The third kappa shape index (κ3) is 5.08. The Balaban J connectivity index is 1.60. The number of rotatable bonds is 6. The molecule has 152 valence electrons. The van der Waals surface area contributed by atoms with Gasteiger partial charge in [0.05, 0.1) is 5.56 Å². The van der Waals surface area contributed by atoms with Gasteiger partial charge in [-0.15, -0.1) is 0 Å². The van der Waals surface area contributed by atoms with E-state index in [0.717, 1.165) is 17.7 Å². The van der Waals surface area contributed by atoms with Crippen LogP contribution < -0.4 is 5.32 Å². The number of hydrogen-bond donors (Lipinski definition) is 2. The molecule has 0 unspecified atom stereocenters. The first-order chi connectivity index (χ1) is 13.8. The van der Waals surface area contributed by atoms with Crippen LogP contribution in [0.4, 0.5) is 13.2 Å². The van der Waals surface area contributed by atoms with Crippen LogP contribution in [0.3, 0.4) is 0 Å². The molecule has 1 heterocycles. The lowest BCUT2D eigenvalue weighted by molar-refractivity contribution is -0.137. The van der Waals surface area contributed by atoms with Crippen molar-refractivity contribution in [3.05, 3.63) is 70.4 Å². The average Bonchev–Trinajstić information content (AvgIpc) is 3.06. The summed E-state index contributed by atoms with van der Waals surface area (Å²) in [4.78, 5) is 12.3. The summed E-state index contributed by atoms with van der Waals surface area (Å²) in [5, 5.41) is 15.7. The Morgan fingerprint density at radius 3 is 2.55 bits per heavy atom. The molecular formula is C20H16ClF3N2O3. The number of aromatic hydroxyl groups is 1. The van der Waals surface area contributed by atoms with Gasteiger partial charge in [0, 0.05) is 12.1 Å². The molecule has 3 rings (SSSR count). The van der Waals surface area contributed by atoms with Crippen LogP contribution in [0.25, 0.3) is 11.3 Å². The summed E-state index contributed by atoms with van der Waals surface area (Å²) >= 11 is 6.14. The zero-order valence-electron chi connectivity index (χ0n) is 15.0. The molecule has 0 saturated carbocycles. The summed E-state index contributed by atoms with van der Waals surface area (Å²) < 4.78 is 43.0. The van der Waals surface area contributed by atoms with Crippen molar-refractivity contribution >= 4 is 17.5 Å². The van der Waals surface area contributed by atoms with Crippen molar-refractivity contribution in [3.8, 4) is 17.1 Å². The van der Waals surface area contributed by atoms with Crippen LogP contribution in [0, 0.1) is 0 Å². The van der Waals surface area contributed by atoms with Crippen LogP contribution >= 0.6 is 11.6 Å². The standard InChI is InChI=1S/C20H16ClF3N2O3/c21-16-17(19(28)25-10-2-4-12-3-1-5-15(27)11-12)26-29-18(16)13-6-8-14(9-7-13)20(22,23)24/h1,3,5-9,11,27H,2,4,10H2,(H,25,28). The maximum Gasteiger partial charge on any atom is 0.416 e. The van der Waals surface area contributed by atoms with Crippen molar-refractivity contribution in [3.63, 3.8) is 0 Å². The van der Waals surface area contributed by atoms with E-state index in [0.29, 0.717) is 19.4 Å². The monoisotopic (exact) mass is 424 g/mol. The first-order valence-electron chi connectivity index (χ1n) is 8.64. The van der Waals surface area contributed by atoms with Crippen LogP contribution in [0.1, 0.15) is 28.0 Å². The van der Waals surface area contributed by atoms with E-state index in [1.807, 2.05) is 6.07 Å². The maximum absolute atomic E-state index is 12.7. The zero-order valence-corrected chi connectivity index (χ0v) is 15.7. The number of aromatic nitrogens is 1. The Labute approximate surface area is 169 Å². The largest absolute Gasteiger partial charge is 0.508 e. The maximum atomic E-state index is 12.7. The van der Waals surface area contributed by atoms with E-state index in [9.17, 15) is 23.1 Å². The minimum atomic E-state index is -4.45. The second-order valence-corrected chi connectivity index (χ2v) is 6.66. The molecular weight excluding hydrogens is 409 g/mol. The molecule has 0 aliphatic carbocycles. The fourth-order valence-electron chi connectivity index (χ4n) is 2.70. The molecule has 2 aromatic carbocycles. The summed E-state index contributed by atoms with van der Waals surface area (Å²) in [6.07, 6.45) is -3.18. The van der Waals surface area contributed by atoms with Gasteiger partial charge in [-0.25, -0.2) is 0 Å². The number of phenolic OH excluding ortho intramolecular Hbond substituents is 1. The Bertz CT molecular complexity index is 1000. The molecule has 0 saturated heterocycles. The van der Waals surface area contributed by atoms with E-state index in [1.54, 1.807) is 18.2 Å². The molecule has 29 heavy (non-hydrogen) atoms. The average molecular weight is 425 g/mol. The van der Waals surface area contributed by atoms with Crippen LogP contribution in [-0.2, 0) is 12.6 Å². The normalized spacial score (nSPS) is 11.4.